The van der Waals surface area contributed by atoms with Crippen molar-refractivity contribution in [3.05, 3.63) is 45.7 Å². The van der Waals surface area contributed by atoms with Crippen LogP contribution in [0.15, 0.2) is 24.5 Å². The minimum absolute atomic E-state index is 0.0672. The van der Waals surface area contributed by atoms with Gasteiger partial charge in [0.25, 0.3) is 5.91 Å². The van der Waals surface area contributed by atoms with Crippen LogP contribution >= 0.6 is 11.3 Å². The topological polar surface area (TPSA) is 84.0 Å². The highest BCUT2D eigenvalue weighted by Gasteiger charge is 2.10. The van der Waals surface area contributed by atoms with Gasteiger partial charge in [-0.1, -0.05) is 0 Å². The zero-order chi connectivity index (χ0) is 15.9. The Bertz CT molecular complexity index is 655. The van der Waals surface area contributed by atoms with Crippen LogP contribution < -0.4 is 10.6 Å². The fraction of sp³-hybridized carbons (Fsp3) is 0.333. The third-order valence-electron chi connectivity index (χ3n) is 2.98. The van der Waals surface area contributed by atoms with Gasteiger partial charge in [-0.05, 0) is 26.0 Å². The van der Waals surface area contributed by atoms with Crippen molar-refractivity contribution >= 4 is 23.2 Å². The summed E-state index contributed by atoms with van der Waals surface area (Å²) in [5, 5.41) is 6.48. The van der Waals surface area contributed by atoms with Crippen LogP contribution in [0.5, 0.6) is 0 Å². The molecule has 0 saturated carbocycles. The van der Waals surface area contributed by atoms with Gasteiger partial charge in [0, 0.05) is 30.4 Å². The van der Waals surface area contributed by atoms with Crippen LogP contribution in [-0.4, -0.2) is 34.9 Å². The van der Waals surface area contributed by atoms with Gasteiger partial charge in [-0.2, -0.15) is 0 Å². The van der Waals surface area contributed by atoms with Crippen LogP contribution in [0.4, 0.5) is 0 Å². The highest BCUT2D eigenvalue weighted by Crippen LogP contribution is 2.17. The van der Waals surface area contributed by atoms with Crippen molar-refractivity contribution in [1.82, 2.24) is 20.6 Å². The Balaban J connectivity index is 1.69. The van der Waals surface area contributed by atoms with E-state index in [-0.39, 0.29) is 11.8 Å². The van der Waals surface area contributed by atoms with Gasteiger partial charge < -0.3 is 10.6 Å². The Kier molecular flexibility index (Phi) is 5.60. The van der Waals surface area contributed by atoms with Gasteiger partial charge in [0.15, 0.2) is 0 Å². The Hall–Kier alpha value is -2.28. The molecule has 0 aliphatic carbocycles. The molecule has 116 valence electrons. The fourth-order valence-corrected chi connectivity index (χ4v) is 2.86. The third-order valence-corrected chi connectivity index (χ3v) is 4.05. The summed E-state index contributed by atoms with van der Waals surface area (Å²) in [6.45, 7) is 4.59. The number of rotatable bonds is 6. The Morgan fingerprint density at radius 3 is 2.64 bits per heavy atom. The van der Waals surface area contributed by atoms with Crippen LogP contribution in [0.25, 0.3) is 0 Å². The summed E-state index contributed by atoms with van der Waals surface area (Å²) in [7, 11) is 0. The number of pyridine rings is 1. The van der Waals surface area contributed by atoms with Gasteiger partial charge in [0.05, 0.1) is 22.7 Å². The fourth-order valence-electron chi connectivity index (χ4n) is 1.92. The molecule has 0 bridgehead atoms. The average Bonchev–Trinajstić information content (AvgIpc) is 2.82. The van der Waals surface area contributed by atoms with E-state index in [1.165, 1.54) is 17.5 Å². The molecule has 0 atom stereocenters. The lowest BCUT2D eigenvalue weighted by Crippen LogP contribution is -2.35. The third kappa shape index (κ3) is 4.63. The highest BCUT2D eigenvalue weighted by atomic mass is 32.1. The number of hydrogen-bond acceptors (Lipinski definition) is 5. The van der Waals surface area contributed by atoms with Crippen molar-refractivity contribution in [1.29, 1.82) is 0 Å². The summed E-state index contributed by atoms with van der Waals surface area (Å²) in [6.07, 6.45) is 3.44. The van der Waals surface area contributed by atoms with E-state index in [1.807, 2.05) is 13.8 Å². The highest BCUT2D eigenvalue weighted by molar-refractivity contribution is 7.11. The molecule has 0 aliphatic heterocycles. The summed E-state index contributed by atoms with van der Waals surface area (Å²) >= 11 is 1.54. The predicted molar refractivity (Wildman–Crippen MR) is 84.9 cm³/mol. The number of thiazole rings is 1. The molecule has 2 N–H and O–H groups in total. The standard InChI is InChI=1S/C15H18N4O2S/c1-10-13(22-11(2)19-10)8-14(20)17-6-7-18-15(21)12-4-3-5-16-9-12/h3-5,9H,6-8H2,1-2H3,(H,17,20)(H,18,21). The first kappa shape index (κ1) is 16.1. The van der Waals surface area contributed by atoms with E-state index in [2.05, 4.69) is 20.6 Å². The second-order valence-electron chi connectivity index (χ2n) is 4.77. The van der Waals surface area contributed by atoms with Crippen molar-refractivity contribution in [2.45, 2.75) is 20.3 Å². The van der Waals surface area contributed by atoms with Crippen molar-refractivity contribution in [3.63, 3.8) is 0 Å². The second-order valence-corrected chi connectivity index (χ2v) is 6.05. The van der Waals surface area contributed by atoms with Gasteiger partial charge in [-0.3, -0.25) is 14.6 Å². The summed E-state index contributed by atoms with van der Waals surface area (Å²) in [5.74, 6) is -0.265. The molecule has 0 aliphatic rings. The van der Waals surface area contributed by atoms with E-state index in [0.717, 1.165) is 15.6 Å². The number of nitrogens with zero attached hydrogens (tertiary/aromatic N) is 2. The maximum absolute atomic E-state index is 11.8. The molecule has 6 nitrogen and oxygen atoms in total. The van der Waals surface area contributed by atoms with Gasteiger partial charge in [-0.15, -0.1) is 11.3 Å². The smallest absolute Gasteiger partial charge is 0.252 e. The van der Waals surface area contributed by atoms with Crippen LogP contribution in [0.3, 0.4) is 0 Å². The zero-order valence-corrected chi connectivity index (χ0v) is 13.4. The van der Waals surface area contributed by atoms with Crippen LogP contribution in [-0.2, 0) is 11.2 Å². The molecule has 2 aromatic heterocycles. The van der Waals surface area contributed by atoms with E-state index in [4.69, 9.17) is 0 Å². The quantitative estimate of drug-likeness (QED) is 0.785. The number of aromatic nitrogens is 2. The molecular formula is C15H18N4O2S. The van der Waals surface area contributed by atoms with E-state index in [9.17, 15) is 9.59 Å². The number of amides is 2. The van der Waals surface area contributed by atoms with Gasteiger partial charge >= 0.3 is 0 Å². The van der Waals surface area contributed by atoms with Gasteiger partial charge in [0.1, 0.15) is 0 Å². The van der Waals surface area contributed by atoms with Crippen LogP contribution in [0.2, 0.25) is 0 Å². The number of nitrogens with one attached hydrogen (secondary N) is 2. The molecule has 2 heterocycles. The minimum Gasteiger partial charge on any atom is -0.354 e. The van der Waals surface area contributed by atoms with Gasteiger partial charge in [0.2, 0.25) is 5.91 Å². The maximum atomic E-state index is 11.8. The summed E-state index contributed by atoms with van der Waals surface area (Å²) in [5.41, 5.74) is 1.41. The molecule has 22 heavy (non-hydrogen) atoms. The second kappa shape index (κ2) is 7.65. The maximum Gasteiger partial charge on any atom is 0.252 e. The lowest BCUT2D eigenvalue weighted by Gasteiger charge is -2.06. The van der Waals surface area contributed by atoms with Crippen LogP contribution in [0, 0.1) is 13.8 Å². The van der Waals surface area contributed by atoms with E-state index < -0.39 is 0 Å². The first-order valence-electron chi connectivity index (χ1n) is 6.94. The first-order chi connectivity index (χ1) is 10.6. The molecule has 0 saturated heterocycles. The van der Waals surface area contributed by atoms with Crippen molar-refractivity contribution in [3.8, 4) is 0 Å². The van der Waals surface area contributed by atoms with E-state index in [0.29, 0.717) is 25.1 Å². The molecule has 7 heteroatoms. The molecule has 0 spiro atoms. The largest absolute Gasteiger partial charge is 0.354 e. The first-order valence-corrected chi connectivity index (χ1v) is 7.75. The summed E-state index contributed by atoms with van der Waals surface area (Å²) in [6, 6.07) is 3.39. The van der Waals surface area contributed by atoms with Crippen LogP contribution in [0.1, 0.15) is 25.9 Å². The summed E-state index contributed by atoms with van der Waals surface area (Å²) in [4.78, 5) is 32.7. The number of hydrogen-bond donors (Lipinski definition) is 2. The Labute approximate surface area is 133 Å². The van der Waals surface area contributed by atoms with Crippen molar-refractivity contribution in [2.24, 2.45) is 0 Å². The molecule has 2 amide bonds. The SMILES string of the molecule is Cc1nc(C)c(CC(=O)NCCNC(=O)c2cccnc2)s1. The summed E-state index contributed by atoms with van der Waals surface area (Å²) < 4.78 is 0. The van der Waals surface area contributed by atoms with E-state index in [1.54, 1.807) is 18.3 Å². The lowest BCUT2D eigenvalue weighted by atomic mass is 10.2. The van der Waals surface area contributed by atoms with Crippen molar-refractivity contribution < 1.29 is 9.59 Å². The zero-order valence-electron chi connectivity index (χ0n) is 12.5. The molecule has 0 unspecified atom stereocenters. The molecule has 2 rings (SSSR count). The van der Waals surface area contributed by atoms with Gasteiger partial charge in [-0.25, -0.2) is 4.98 Å². The van der Waals surface area contributed by atoms with E-state index >= 15 is 0 Å². The molecule has 0 aromatic carbocycles. The lowest BCUT2D eigenvalue weighted by molar-refractivity contribution is -0.120. The monoisotopic (exact) mass is 318 g/mol. The number of carbonyl (C=O) groups excluding carboxylic acids is 2. The van der Waals surface area contributed by atoms with Crippen molar-refractivity contribution in [2.75, 3.05) is 13.1 Å². The Morgan fingerprint density at radius 1 is 1.23 bits per heavy atom. The average molecular weight is 318 g/mol. The normalized spacial score (nSPS) is 10.3. The minimum atomic E-state index is -0.198. The Morgan fingerprint density at radius 2 is 2.00 bits per heavy atom. The molecule has 0 fully saturated rings. The molecule has 0 radical (unpaired) electrons. The predicted octanol–water partition coefficient (Wildman–Crippen LogP) is 1.24. The molecular weight excluding hydrogens is 300 g/mol. The molecule has 2 aromatic rings. The number of aryl methyl sites for hydroxylation is 2. The number of carbonyl (C=O) groups is 2.